The van der Waals surface area contributed by atoms with Gasteiger partial charge in [-0.2, -0.15) is 0 Å². The van der Waals surface area contributed by atoms with Gasteiger partial charge in [-0.3, -0.25) is 19.5 Å². The molecule has 11 nitrogen and oxygen atoms in total. The molecule has 2 saturated heterocycles. The van der Waals surface area contributed by atoms with Gasteiger partial charge in [0.15, 0.2) is 0 Å². The van der Waals surface area contributed by atoms with Crippen molar-refractivity contribution in [2.45, 2.75) is 55.4 Å². The van der Waals surface area contributed by atoms with Crippen LogP contribution in [0, 0.1) is 0 Å². The zero-order chi connectivity index (χ0) is 34.5. The Bertz CT molecular complexity index is 1770. The molecule has 6 rings (SSSR count). The number of carbonyl (C=O) groups excluding carboxylic acids is 1. The molecule has 0 spiro atoms. The molecule has 3 N–H and O–H groups in total. The van der Waals surface area contributed by atoms with Gasteiger partial charge in [-0.1, -0.05) is 60.5 Å². The maximum absolute atomic E-state index is 14.1. The Morgan fingerprint density at radius 3 is 2.65 bits per heavy atom. The van der Waals surface area contributed by atoms with Crippen molar-refractivity contribution >= 4 is 40.7 Å². The van der Waals surface area contributed by atoms with Gasteiger partial charge >= 0.3 is 5.97 Å². The van der Waals surface area contributed by atoms with E-state index in [0.29, 0.717) is 72.8 Å². The van der Waals surface area contributed by atoms with Crippen LogP contribution in [0.5, 0.6) is 11.6 Å². The van der Waals surface area contributed by atoms with Crippen molar-refractivity contribution in [3.63, 3.8) is 0 Å². The summed E-state index contributed by atoms with van der Waals surface area (Å²) in [6, 6.07) is 12.3. The topological polar surface area (TPSA) is 135 Å². The number of hydrogen-bond donors (Lipinski definition) is 3. The number of carboxylic acids is 1. The van der Waals surface area contributed by atoms with E-state index in [-0.39, 0.29) is 11.7 Å². The van der Waals surface area contributed by atoms with Crippen LogP contribution >= 0.6 is 23.2 Å². The minimum atomic E-state index is -1.37. The highest BCUT2D eigenvalue weighted by Gasteiger charge is 2.45. The van der Waals surface area contributed by atoms with Gasteiger partial charge in [0.05, 0.1) is 44.5 Å². The molecule has 3 aliphatic rings. The third kappa shape index (κ3) is 7.32. The van der Waals surface area contributed by atoms with E-state index in [2.05, 4.69) is 15.6 Å². The number of aromatic nitrogens is 2. The van der Waals surface area contributed by atoms with E-state index >= 15 is 0 Å². The second-order valence-electron chi connectivity index (χ2n) is 12.3. The number of carboxylic acid groups (broad SMARTS) is 1. The normalized spacial score (nSPS) is 22.6. The van der Waals surface area contributed by atoms with Crippen LogP contribution in [0.1, 0.15) is 52.1 Å². The number of methoxy groups -OCH3 is 2. The molecule has 1 aromatic carbocycles. The number of aliphatic carboxylic acids is 1. The lowest BCUT2D eigenvalue weighted by Gasteiger charge is -2.39. The molecule has 0 saturated carbocycles. The van der Waals surface area contributed by atoms with Crippen LogP contribution in [-0.2, 0) is 28.2 Å². The monoisotopic (exact) mass is 707 g/mol. The van der Waals surface area contributed by atoms with Crippen LogP contribution in [0.2, 0.25) is 5.02 Å². The number of likely N-dealkylation sites (tertiary alicyclic amines) is 1. The number of ether oxygens (including phenoxy) is 3. The molecular weight excluding hydrogens is 669 g/mol. The molecule has 3 atom stereocenters. The molecule has 49 heavy (non-hydrogen) atoms. The zero-order valence-electron chi connectivity index (χ0n) is 27.3. The SMILES string of the molecule is COc1cc(C(=O)NC2(c3ccc(CN4CCCC[C@H]4C(=O)O)c(OC)n3)C=CC=C(c3ccccc3Cl)C2Cl)ncc1CNC1COC1. The molecular formula is C36H39Cl2N5O6. The number of pyridine rings is 2. The summed E-state index contributed by atoms with van der Waals surface area (Å²) in [5, 5.41) is 16.0. The Labute approximate surface area is 295 Å². The number of alkyl halides is 1. The van der Waals surface area contributed by atoms with Crippen LogP contribution in [-0.4, -0.2) is 83.3 Å². The summed E-state index contributed by atoms with van der Waals surface area (Å²) in [4.78, 5) is 37.4. The summed E-state index contributed by atoms with van der Waals surface area (Å²) in [5.74, 6) is -0.519. The summed E-state index contributed by atoms with van der Waals surface area (Å²) < 4.78 is 16.6. The van der Waals surface area contributed by atoms with E-state index in [1.807, 2.05) is 41.3 Å². The van der Waals surface area contributed by atoms with Gasteiger partial charge in [0.1, 0.15) is 23.0 Å². The van der Waals surface area contributed by atoms with E-state index in [4.69, 9.17) is 42.4 Å². The van der Waals surface area contributed by atoms with Gasteiger partial charge < -0.3 is 30.0 Å². The van der Waals surface area contributed by atoms with E-state index in [1.165, 1.54) is 7.11 Å². The number of carbonyl (C=O) groups is 2. The maximum Gasteiger partial charge on any atom is 0.320 e. The number of amides is 1. The van der Waals surface area contributed by atoms with Crippen LogP contribution in [0.4, 0.5) is 0 Å². The van der Waals surface area contributed by atoms with Gasteiger partial charge in [-0.25, -0.2) is 4.98 Å². The number of allylic oxidation sites excluding steroid dienone is 2. The van der Waals surface area contributed by atoms with Gasteiger partial charge in [-0.15, -0.1) is 11.6 Å². The van der Waals surface area contributed by atoms with Crippen molar-refractivity contribution in [2.75, 3.05) is 34.0 Å². The lowest BCUT2D eigenvalue weighted by molar-refractivity contribution is -0.144. The molecule has 1 aliphatic carbocycles. The number of nitrogens with one attached hydrogen (secondary N) is 2. The summed E-state index contributed by atoms with van der Waals surface area (Å²) in [7, 11) is 3.06. The molecule has 3 aromatic rings. The molecule has 0 radical (unpaired) electrons. The molecule has 0 bridgehead atoms. The lowest BCUT2D eigenvalue weighted by atomic mass is 9.80. The summed E-state index contributed by atoms with van der Waals surface area (Å²) in [5.41, 5.74) is 2.10. The third-order valence-corrected chi connectivity index (χ3v) is 10.2. The number of piperidine rings is 1. The van der Waals surface area contributed by atoms with Gasteiger partial charge in [0.25, 0.3) is 5.91 Å². The average Bonchev–Trinajstić information content (AvgIpc) is 3.09. The largest absolute Gasteiger partial charge is 0.496 e. The number of hydrogen-bond acceptors (Lipinski definition) is 9. The number of benzene rings is 1. The van der Waals surface area contributed by atoms with Crippen molar-refractivity contribution in [1.29, 1.82) is 0 Å². The fourth-order valence-electron chi connectivity index (χ4n) is 6.47. The maximum atomic E-state index is 14.1. The first-order chi connectivity index (χ1) is 23.7. The first-order valence-electron chi connectivity index (χ1n) is 16.2. The van der Waals surface area contributed by atoms with Crippen molar-refractivity contribution in [3.05, 3.63) is 100.0 Å². The molecule has 2 aromatic heterocycles. The van der Waals surface area contributed by atoms with Crippen molar-refractivity contribution in [1.82, 2.24) is 25.5 Å². The molecule has 258 valence electrons. The molecule has 2 aliphatic heterocycles. The Morgan fingerprint density at radius 2 is 1.94 bits per heavy atom. The van der Waals surface area contributed by atoms with E-state index in [9.17, 15) is 14.7 Å². The minimum absolute atomic E-state index is 0.131. The molecule has 2 fully saturated rings. The second-order valence-corrected chi connectivity index (χ2v) is 13.2. The molecule has 4 heterocycles. The lowest BCUT2D eigenvalue weighted by Crippen LogP contribution is -2.52. The highest BCUT2D eigenvalue weighted by atomic mass is 35.5. The van der Waals surface area contributed by atoms with E-state index < -0.39 is 28.8 Å². The number of nitrogens with zero attached hydrogens (tertiary/aromatic N) is 3. The quantitative estimate of drug-likeness (QED) is 0.222. The van der Waals surface area contributed by atoms with Gasteiger partial charge in [0.2, 0.25) is 5.88 Å². The Morgan fingerprint density at radius 1 is 1.12 bits per heavy atom. The predicted octanol–water partition coefficient (Wildman–Crippen LogP) is 4.96. The van der Waals surface area contributed by atoms with E-state index in [0.717, 1.165) is 24.0 Å². The zero-order valence-corrected chi connectivity index (χ0v) is 28.8. The van der Waals surface area contributed by atoms with Crippen LogP contribution in [0.25, 0.3) is 5.57 Å². The van der Waals surface area contributed by atoms with Crippen LogP contribution in [0.15, 0.2) is 66.9 Å². The van der Waals surface area contributed by atoms with Crippen molar-refractivity contribution in [2.24, 2.45) is 0 Å². The molecule has 1 amide bonds. The smallest absolute Gasteiger partial charge is 0.320 e. The number of halogens is 2. The highest BCUT2D eigenvalue weighted by Crippen LogP contribution is 2.43. The molecule has 13 heteroatoms. The second kappa shape index (κ2) is 15.3. The van der Waals surface area contributed by atoms with Gasteiger partial charge in [-0.05, 0) is 42.7 Å². The summed E-state index contributed by atoms with van der Waals surface area (Å²) in [6.45, 7) is 2.81. The fourth-order valence-corrected chi connectivity index (χ4v) is 7.15. The first-order valence-corrected chi connectivity index (χ1v) is 17.0. The van der Waals surface area contributed by atoms with Crippen LogP contribution < -0.4 is 20.1 Å². The van der Waals surface area contributed by atoms with Crippen molar-refractivity contribution in [3.8, 4) is 11.6 Å². The van der Waals surface area contributed by atoms with Gasteiger partial charge in [0, 0.05) is 41.5 Å². The fraction of sp³-hybridized carbons (Fsp3) is 0.389. The van der Waals surface area contributed by atoms with Crippen LogP contribution in [0.3, 0.4) is 0 Å². The number of rotatable bonds is 12. The molecule has 2 unspecified atom stereocenters. The average molecular weight is 709 g/mol. The standard InChI is InChI=1S/C36H39Cl2N5O6/c1-47-30-16-28(40-18-23(30)17-39-24-20-49-21-24)33(44)42-36(14-7-9-26(32(36)38)25-8-3-4-10-27(25)37)31-13-12-22(34(41-31)48-2)19-43-15-6-5-11-29(43)35(45)46/h3-4,7-10,12-14,16,18,24,29,32,39H,5-6,11,15,17,19-21H2,1-2H3,(H,42,44)(H,45,46)/t29-,32?,36?/m0/s1. The van der Waals surface area contributed by atoms with E-state index in [1.54, 1.807) is 37.6 Å². The van der Waals surface area contributed by atoms with Crippen molar-refractivity contribution < 1.29 is 28.9 Å². The summed E-state index contributed by atoms with van der Waals surface area (Å²) in [6.07, 6.45) is 9.47. The Balaban J connectivity index is 1.35. The highest BCUT2D eigenvalue weighted by molar-refractivity contribution is 6.34. The first kappa shape index (κ1) is 34.8. The Hall–Kier alpha value is -4.00. The predicted molar refractivity (Wildman–Crippen MR) is 186 cm³/mol. The third-order valence-electron chi connectivity index (χ3n) is 9.26. The minimum Gasteiger partial charge on any atom is -0.496 e. The Kier molecular flexibility index (Phi) is 10.9. The summed E-state index contributed by atoms with van der Waals surface area (Å²) >= 11 is 14.0.